The number of aromatic nitrogens is 4. The van der Waals surface area contributed by atoms with Crippen LogP contribution in [0.25, 0.3) is 88.2 Å². The minimum absolute atomic E-state index is 0.903. The first-order chi connectivity index (χ1) is 21.8. The van der Waals surface area contributed by atoms with E-state index in [0.717, 1.165) is 66.6 Å². The third-order valence-electron chi connectivity index (χ3n) is 9.03. The molecule has 4 heterocycles. The smallest absolute Gasteiger partial charge is 0.146 e. The van der Waals surface area contributed by atoms with Crippen LogP contribution in [-0.2, 0) is 0 Å². The SMILES string of the molecule is c1ccc2cc(-c3nc4ccccc4c4cc5ccccc5n34)c(-c3nc4ccccc4c4cc5ccccc5n34)cc2c1. The Morgan fingerprint density at radius 3 is 1.20 bits per heavy atom. The zero-order valence-electron chi connectivity index (χ0n) is 23.6. The second-order valence-electron chi connectivity index (χ2n) is 11.5. The molecule has 6 aromatic carbocycles. The van der Waals surface area contributed by atoms with Gasteiger partial charge in [0.1, 0.15) is 11.6 Å². The van der Waals surface area contributed by atoms with Gasteiger partial charge in [-0.25, -0.2) is 9.97 Å². The first kappa shape index (κ1) is 23.6. The zero-order valence-corrected chi connectivity index (χ0v) is 23.6. The summed E-state index contributed by atoms with van der Waals surface area (Å²) >= 11 is 0. The highest BCUT2D eigenvalue weighted by atomic mass is 15.0. The Bertz CT molecular complexity index is 2590. The summed E-state index contributed by atoms with van der Waals surface area (Å²) in [7, 11) is 0. The topological polar surface area (TPSA) is 34.6 Å². The molecule has 4 heteroatoms. The number of fused-ring (bicyclic) bond motifs is 11. The molecule has 0 fully saturated rings. The molecule has 0 atom stereocenters. The van der Waals surface area contributed by atoms with E-state index in [1.54, 1.807) is 0 Å². The maximum absolute atomic E-state index is 5.41. The Labute approximate surface area is 252 Å². The van der Waals surface area contributed by atoms with E-state index in [-0.39, 0.29) is 0 Å². The number of hydrogen-bond acceptors (Lipinski definition) is 2. The van der Waals surface area contributed by atoms with Crippen molar-refractivity contribution >= 4 is 65.4 Å². The zero-order chi connectivity index (χ0) is 28.8. The van der Waals surface area contributed by atoms with Crippen LogP contribution in [0.1, 0.15) is 0 Å². The third-order valence-corrected chi connectivity index (χ3v) is 9.03. The molecule has 0 aliphatic rings. The van der Waals surface area contributed by atoms with E-state index < -0.39 is 0 Å². The normalized spacial score (nSPS) is 12.1. The molecule has 0 radical (unpaired) electrons. The van der Waals surface area contributed by atoms with Crippen LogP contribution < -0.4 is 0 Å². The number of benzene rings is 6. The highest BCUT2D eigenvalue weighted by Crippen LogP contribution is 2.40. The Hall–Kier alpha value is -6.00. The lowest BCUT2D eigenvalue weighted by atomic mass is 9.98. The van der Waals surface area contributed by atoms with E-state index in [1.807, 2.05) is 0 Å². The lowest BCUT2D eigenvalue weighted by molar-refractivity contribution is 1.15. The van der Waals surface area contributed by atoms with Crippen molar-refractivity contribution in [2.24, 2.45) is 0 Å². The molecule has 0 saturated heterocycles. The van der Waals surface area contributed by atoms with Gasteiger partial charge in [-0.15, -0.1) is 0 Å². The predicted molar refractivity (Wildman–Crippen MR) is 182 cm³/mol. The van der Waals surface area contributed by atoms with Gasteiger partial charge in [0, 0.05) is 32.7 Å². The van der Waals surface area contributed by atoms with Crippen molar-refractivity contribution in [2.45, 2.75) is 0 Å². The maximum Gasteiger partial charge on any atom is 0.146 e. The monoisotopic (exact) mass is 560 g/mol. The molecular weight excluding hydrogens is 536 g/mol. The van der Waals surface area contributed by atoms with Crippen LogP contribution >= 0.6 is 0 Å². The van der Waals surface area contributed by atoms with Crippen molar-refractivity contribution in [2.75, 3.05) is 0 Å². The summed E-state index contributed by atoms with van der Waals surface area (Å²) in [5, 5.41) is 6.99. The number of para-hydroxylation sites is 4. The van der Waals surface area contributed by atoms with Gasteiger partial charge in [-0.2, -0.15) is 0 Å². The van der Waals surface area contributed by atoms with Crippen molar-refractivity contribution in [3.05, 3.63) is 146 Å². The van der Waals surface area contributed by atoms with Crippen LogP contribution in [0.5, 0.6) is 0 Å². The summed E-state index contributed by atoms with van der Waals surface area (Å²) in [6.07, 6.45) is 0. The molecule has 0 saturated carbocycles. The minimum Gasteiger partial charge on any atom is -0.293 e. The highest BCUT2D eigenvalue weighted by molar-refractivity contribution is 6.06. The van der Waals surface area contributed by atoms with Gasteiger partial charge >= 0.3 is 0 Å². The first-order valence-electron chi connectivity index (χ1n) is 14.9. The van der Waals surface area contributed by atoms with Gasteiger partial charge in [0.15, 0.2) is 0 Å². The Balaban J connectivity index is 1.43. The third kappa shape index (κ3) is 3.22. The van der Waals surface area contributed by atoms with E-state index in [9.17, 15) is 0 Å². The quantitative estimate of drug-likeness (QED) is 0.211. The molecule has 10 rings (SSSR count). The molecule has 0 unspecified atom stereocenters. The molecule has 0 bridgehead atoms. The molecule has 0 aliphatic carbocycles. The standard InChI is InChI=1S/C40H24N4/c1-2-12-26-22-32(40-42-34-18-8-6-16-30(34)38-24-28-14-4-10-20-36(28)44(38)40)31(21-25(26)11-1)39-41-33-17-7-5-15-29(33)37-23-27-13-3-9-19-35(27)43(37)39/h1-24H. The fourth-order valence-corrected chi connectivity index (χ4v) is 7.04. The Morgan fingerprint density at radius 1 is 0.341 bits per heavy atom. The van der Waals surface area contributed by atoms with Gasteiger partial charge in [0.25, 0.3) is 0 Å². The lowest BCUT2D eigenvalue weighted by Gasteiger charge is -2.17. The fourth-order valence-electron chi connectivity index (χ4n) is 7.04. The second-order valence-corrected chi connectivity index (χ2v) is 11.5. The molecule has 204 valence electrons. The minimum atomic E-state index is 0.903. The average molecular weight is 561 g/mol. The number of nitrogens with zero attached hydrogens (tertiary/aromatic N) is 4. The largest absolute Gasteiger partial charge is 0.293 e. The maximum atomic E-state index is 5.41. The lowest BCUT2D eigenvalue weighted by Crippen LogP contribution is -2.03. The van der Waals surface area contributed by atoms with E-state index >= 15 is 0 Å². The van der Waals surface area contributed by atoms with E-state index in [0.29, 0.717) is 0 Å². The van der Waals surface area contributed by atoms with Gasteiger partial charge in [0.05, 0.1) is 33.1 Å². The number of hydrogen-bond donors (Lipinski definition) is 0. The van der Waals surface area contributed by atoms with Crippen molar-refractivity contribution in [3.8, 4) is 22.8 Å². The summed E-state index contributed by atoms with van der Waals surface area (Å²) in [4.78, 5) is 10.8. The number of rotatable bonds is 2. The summed E-state index contributed by atoms with van der Waals surface area (Å²) in [6.45, 7) is 0. The average Bonchev–Trinajstić information content (AvgIpc) is 3.67. The molecule has 0 amide bonds. The van der Waals surface area contributed by atoms with Crippen molar-refractivity contribution in [3.63, 3.8) is 0 Å². The van der Waals surface area contributed by atoms with Gasteiger partial charge in [0.2, 0.25) is 0 Å². The van der Waals surface area contributed by atoms with Gasteiger partial charge in [-0.1, -0.05) is 97.1 Å². The second kappa shape index (κ2) is 8.76. The Kier molecular flexibility index (Phi) is 4.69. The molecule has 0 N–H and O–H groups in total. The molecule has 4 aromatic heterocycles. The van der Waals surface area contributed by atoms with E-state index in [2.05, 4.69) is 154 Å². The van der Waals surface area contributed by atoms with Gasteiger partial charge in [-0.05, 0) is 59.3 Å². The van der Waals surface area contributed by atoms with Crippen LogP contribution in [0.15, 0.2) is 146 Å². The fraction of sp³-hybridized carbons (Fsp3) is 0. The van der Waals surface area contributed by atoms with Crippen LogP contribution in [0.4, 0.5) is 0 Å². The molecule has 4 nitrogen and oxygen atoms in total. The summed E-state index contributed by atoms with van der Waals surface area (Å²) in [5.74, 6) is 1.81. The summed E-state index contributed by atoms with van der Waals surface area (Å²) in [5.41, 5.74) is 8.60. The Morgan fingerprint density at radius 2 is 0.727 bits per heavy atom. The predicted octanol–water partition coefficient (Wildman–Crippen LogP) is 10.1. The van der Waals surface area contributed by atoms with Crippen molar-refractivity contribution in [1.82, 2.24) is 18.8 Å². The molecule has 0 spiro atoms. The molecule has 0 aliphatic heterocycles. The van der Waals surface area contributed by atoms with Crippen molar-refractivity contribution in [1.29, 1.82) is 0 Å². The van der Waals surface area contributed by atoms with E-state index in [4.69, 9.17) is 9.97 Å². The molecule has 44 heavy (non-hydrogen) atoms. The highest BCUT2D eigenvalue weighted by Gasteiger charge is 2.22. The van der Waals surface area contributed by atoms with Crippen molar-refractivity contribution < 1.29 is 0 Å². The molecule has 10 aromatic rings. The molecular formula is C40H24N4. The van der Waals surface area contributed by atoms with Gasteiger partial charge in [-0.3, -0.25) is 8.80 Å². The summed E-state index contributed by atoms with van der Waals surface area (Å²) < 4.78 is 4.66. The van der Waals surface area contributed by atoms with Crippen LogP contribution in [0, 0.1) is 0 Å². The van der Waals surface area contributed by atoms with Crippen LogP contribution in [0.2, 0.25) is 0 Å². The van der Waals surface area contributed by atoms with Crippen LogP contribution in [0.3, 0.4) is 0 Å². The summed E-state index contributed by atoms with van der Waals surface area (Å²) in [6, 6.07) is 51.8. The van der Waals surface area contributed by atoms with Gasteiger partial charge < -0.3 is 0 Å². The van der Waals surface area contributed by atoms with Crippen LogP contribution in [-0.4, -0.2) is 18.8 Å². The first-order valence-corrected chi connectivity index (χ1v) is 14.9. The van der Waals surface area contributed by atoms with E-state index in [1.165, 1.54) is 21.5 Å².